The summed E-state index contributed by atoms with van der Waals surface area (Å²) in [6.45, 7) is 6.20. The number of ether oxygens (including phenoxy) is 1. The maximum absolute atomic E-state index is 11.8. The molecular formula is C13H18O3S. The van der Waals surface area contributed by atoms with Crippen LogP contribution >= 0.6 is 11.8 Å². The van der Waals surface area contributed by atoms with Gasteiger partial charge in [0.25, 0.3) is 0 Å². The number of carbonyl (C=O) groups excluding carboxylic acids is 1. The van der Waals surface area contributed by atoms with E-state index in [1.807, 2.05) is 13.8 Å². The van der Waals surface area contributed by atoms with E-state index < -0.39 is 0 Å². The van der Waals surface area contributed by atoms with Crippen molar-refractivity contribution in [2.24, 2.45) is 5.92 Å². The normalized spacial score (nSPS) is 12.5. The molecule has 0 spiro atoms. The molecule has 0 aliphatic carbocycles. The molecule has 0 aliphatic heterocycles. The van der Waals surface area contributed by atoms with E-state index in [-0.39, 0.29) is 22.9 Å². The van der Waals surface area contributed by atoms with Crippen molar-refractivity contribution in [3.8, 4) is 5.75 Å². The summed E-state index contributed by atoms with van der Waals surface area (Å²) in [7, 11) is 0. The lowest BCUT2D eigenvalue weighted by molar-refractivity contribution is -0.143. The van der Waals surface area contributed by atoms with Crippen LogP contribution in [-0.4, -0.2) is 22.9 Å². The molecule has 0 aromatic heterocycles. The first kappa shape index (κ1) is 13.9. The second-order valence-electron chi connectivity index (χ2n) is 4.03. The number of carbonyl (C=O) groups is 1. The molecule has 1 N–H and O–H groups in total. The van der Waals surface area contributed by atoms with Gasteiger partial charge >= 0.3 is 5.97 Å². The number of phenolic OH excluding ortho intramolecular Hbond substituents is 1. The maximum Gasteiger partial charge on any atom is 0.319 e. The lowest BCUT2D eigenvalue weighted by Crippen LogP contribution is -2.25. The van der Waals surface area contributed by atoms with Crippen molar-refractivity contribution in [2.75, 3.05) is 6.61 Å². The number of aromatic hydroxyl groups is 1. The zero-order chi connectivity index (χ0) is 12.8. The first-order chi connectivity index (χ1) is 8.04. The summed E-state index contributed by atoms with van der Waals surface area (Å²) in [5.74, 6) is 0.250. The fourth-order valence-electron chi connectivity index (χ4n) is 1.35. The summed E-state index contributed by atoms with van der Waals surface area (Å²) in [5.41, 5.74) is 0. The van der Waals surface area contributed by atoms with Crippen LogP contribution in [0.5, 0.6) is 5.75 Å². The second kappa shape index (κ2) is 6.55. The molecule has 0 saturated heterocycles. The molecule has 0 aliphatic rings. The van der Waals surface area contributed by atoms with Gasteiger partial charge in [-0.15, -0.1) is 11.8 Å². The number of benzene rings is 1. The van der Waals surface area contributed by atoms with Crippen molar-refractivity contribution in [2.45, 2.75) is 30.9 Å². The summed E-state index contributed by atoms with van der Waals surface area (Å²) >= 11 is 1.47. The summed E-state index contributed by atoms with van der Waals surface area (Å²) in [6, 6.07) is 6.83. The largest absolute Gasteiger partial charge is 0.508 e. The van der Waals surface area contributed by atoms with Gasteiger partial charge in [-0.2, -0.15) is 0 Å². The molecule has 0 saturated carbocycles. The number of phenols is 1. The minimum atomic E-state index is -0.209. The molecule has 0 unspecified atom stereocenters. The summed E-state index contributed by atoms with van der Waals surface area (Å²) in [4.78, 5) is 12.7. The number of esters is 1. The second-order valence-corrected chi connectivity index (χ2v) is 5.24. The zero-order valence-electron chi connectivity index (χ0n) is 10.3. The van der Waals surface area contributed by atoms with Crippen molar-refractivity contribution in [1.29, 1.82) is 0 Å². The predicted octanol–water partition coefficient (Wildman–Crippen LogP) is 3.07. The maximum atomic E-state index is 11.8. The molecule has 4 heteroatoms. The fraction of sp³-hybridized carbons (Fsp3) is 0.462. The van der Waals surface area contributed by atoms with Gasteiger partial charge in [-0.3, -0.25) is 4.79 Å². The molecule has 94 valence electrons. The fourth-order valence-corrected chi connectivity index (χ4v) is 2.37. The zero-order valence-corrected chi connectivity index (χ0v) is 11.2. The lowest BCUT2D eigenvalue weighted by atomic mass is 10.1. The minimum Gasteiger partial charge on any atom is -0.508 e. The quantitative estimate of drug-likeness (QED) is 0.648. The highest BCUT2D eigenvalue weighted by atomic mass is 32.2. The van der Waals surface area contributed by atoms with E-state index >= 15 is 0 Å². The van der Waals surface area contributed by atoms with E-state index in [9.17, 15) is 9.90 Å². The molecule has 0 amide bonds. The van der Waals surface area contributed by atoms with E-state index in [4.69, 9.17) is 4.74 Å². The SMILES string of the molecule is CCOC(=O)[C@H](Sc1ccc(O)cc1)C(C)C. The standard InChI is InChI=1S/C13H18O3S/c1-4-16-13(15)12(9(2)3)17-11-7-5-10(14)6-8-11/h5-9,12,14H,4H2,1-3H3/t12-/m1/s1. The minimum absolute atomic E-state index is 0.180. The molecule has 0 heterocycles. The van der Waals surface area contributed by atoms with Crippen LogP contribution in [0.3, 0.4) is 0 Å². The van der Waals surface area contributed by atoms with Gasteiger partial charge in [0.2, 0.25) is 0 Å². The van der Waals surface area contributed by atoms with E-state index in [0.717, 1.165) is 4.90 Å². The lowest BCUT2D eigenvalue weighted by Gasteiger charge is -2.18. The number of hydrogen-bond donors (Lipinski definition) is 1. The molecule has 1 rings (SSSR count). The Kier molecular flexibility index (Phi) is 5.35. The van der Waals surface area contributed by atoms with Crippen molar-refractivity contribution in [3.05, 3.63) is 24.3 Å². The molecule has 0 bridgehead atoms. The van der Waals surface area contributed by atoms with Crippen LogP contribution in [-0.2, 0) is 9.53 Å². The Balaban J connectivity index is 2.73. The van der Waals surface area contributed by atoms with Crippen molar-refractivity contribution < 1.29 is 14.6 Å². The summed E-state index contributed by atoms with van der Waals surface area (Å²) in [6.07, 6.45) is 0. The van der Waals surface area contributed by atoms with Crippen LogP contribution in [0.2, 0.25) is 0 Å². The number of rotatable bonds is 5. The highest BCUT2D eigenvalue weighted by molar-refractivity contribution is 8.00. The third-order valence-electron chi connectivity index (χ3n) is 2.22. The Labute approximate surface area is 106 Å². The van der Waals surface area contributed by atoms with Crippen LogP contribution in [0.25, 0.3) is 0 Å². The molecule has 1 atom stereocenters. The highest BCUT2D eigenvalue weighted by Gasteiger charge is 2.24. The Morgan fingerprint density at radius 2 is 1.94 bits per heavy atom. The van der Waals surface area contributed by atoms with Gasteiger partial charge in [0.05, 0.1) is 6.61 Å². The Morgan fingerprint density at radius 1 is 1.35 bits per heavy atom. The van der Waals surface area contributed by atoms with Gasteiger partial charge < -0.3 is 9.84 Å². The molecule has 3 nitrogen and oxygen atoms in total. The summed E-state index contributed by atoms with van der Waals surface area (Å²) in [5, 5.41) is 8.98. The first-order valence-corrected chi connectivity index (χ1v) is 6.55. The van der Waals surface area contributed by atoms with Crippen LogP contribution < -0.4 is 0 Å². The Bertz CT molecular complexity index is 359. The average Bonchev–Trinajstić information content (AvgIpc) is 2.28. The Morgan fingerprint density at radius 3 is 2.41 bits per heavy atom. The van der Waals surface area contributed by atoms with E-state index in [0.29, 0.717) is 6.61 Å². The van der Waals surface area contributed by atoms with Gasteiger partial charge in [-0.05, 0) is 37.1 Å². The average molecular weight is 254 g/mol. The van der Waals surface area contributed by atoms with E-state index in [1.54, 1.807) is 31.2 Å². The van der Waals surface area contributed by atoms with Crippen LogP contribution in [0.15, 0.2) is 29.2 Å². The third kappa shape index (κ3) is 4.30. The van der Waals surface area contributed by atoms with Crippen molar-refractivity contribution in [3.63, 3.8) is 0 Å². The van der Waals surface area contributed by atoms with Crippen LogP contribution in [0.1, 0.15) is 20.8 Å². The van der Waals surface area contributed by atoms with Gasteiger partial charge in [0.15, 0.2) is 0 Å². The molecular weight excluding hydrogens is 236 g/mol. The van der Waals surface area contributed by atoms with Crippen LogP contribution in [0.4, 0.5) is 0 Å². The highest BCUT2D eigenvalue weighted by Crippen LogP contribution is 2.30. The van der Waals surface area contributed by atoms with Gasteiger partial charge in [0, 0.05) is 4.90 Å². The van der Waals surface area contributed by atoms with Crippen molar-refractivity contribution >= 4 is 17.7 Å². The van der Waals surface area contributed by atoms with Gasteiger partial charge in [0.1, 0.15) is 11.0 Å². The molecule has 1 aromatic rings. The molecule has 0 radical (unpaired) electrons. The predicted molar refractivity (Wildman–Crippen MR) is 69.2 cm³/mol. The topological polar surface area (TPSA) is 46.5 Å². The monoisotopic (exact) mass is 254 g/mol. The number of thioether (sulfide) groups is 1. The molecule has 0 fully saturated rings. The first-order valence-electron chi connectivity index (χ1n) is 5.67. The van der Waals surface area contributed by atoms with Gasteiger partial charge in [-0.25, -0.2) is 0 Å². The smallest absolute Gasteiger partial charge is 0.319 e. The van der Waals surface area contributed by atoms with Gasteiger partial charge in [-0.1, -0.05) is 13.8 Å². The molecule has 17 heavy (non-hydrogen) atoms. The summed E-state index contributed by atoms with van der Waals surface area (Å²) < 4.78 is 5.05. The Hall–Kier alpha value is -1.16. The third-order valence-corrected chi connectivity index (χ3v) is 3.76. The van der Waals surface area contributed by atoms with E-state index in [2.05, 4.69) is 0 Å². The molecule has 1 aromatic carbocycles. The van der Waals surface area contributed by atoms with E-state index in [1.165, 1.54) is 11.8 Å². The van der Waals surface area contributed by atoms with Crippen LogP contribution in [0, 0.1) is 5.92 Å². The van der Waals surface area contributed by atoms with Crippen molar-refractivity contribution in [1.82, 2.24) is 0 Å². The number of hydrogen-bond acceptors (Lipinski definition) is 4.